The Morgan fingerprint density at radius 2 is 1.88 bits per heavy atom. The van der Waals surface area contributed by atoms with Crippen LogP contribution >= 0.6 is 0 Å². The molecule has 1 aromatic heterocycles. The number of aromatic nitrogens is 1. The number of likely N-dealkylation sites (tertiary alicyclic amines) is 2. The number of rotatable bonds is 3. The third kappa shape index (κ3) is 4.12. The number of nitrogens with zero attached hydrogens (tertiary/aromatic N) is 3. The van der Waals surface area contributed by atoms with Gasteiger partial charge in [0.05, 0.1) is 12.1 Å². The van der Waals surface area contributed by atoms with Crippen molar-refractivity contribution in [3.05, 3.63) is 30.1 Å². The Balaban J connectivity index is 1.58. The first-order valence-corrected chi connectivity index (χ1v) is 9.14. The molecule has 2 saturated heterocycles. The number of carbonyl (C=O) groups excluding carboxylic acids is 1. The third-order valence-electron chi connectivity index (χ3n) is 5.15. The van der Waals surface area contributed by atoms with Gasteiger partial charge in [0.25, 0.3) is 0 Å². The number of methoxy groups -OCH3 is 1. The normalized spacial score (nSPS) is 25.5. The van der Waals surface area contributed by atoms with Crippen LogP contribution in [0, 0.1) is 0 Å². The fourth-order valence-electron chi connectivity index (χ4n) is 3.84. The molecule has 0 bridgehead atoms. The molecule has 3 heterocycles. The first-order valence-electron chi connectivity index (χ1n) is 9.14. The number of carbonyl (C=O) groups is 1. The minimum Gasteiger partial charge on any atom is -0.378 e. The van der Waals surface area contributed by atoms with Crippen molar-refractivity contribution in [3.8, 4) is 0 Å². The van der Waals surface area contributed by atoms with Gasteiger partial charge in [-0.05, 0) is 51.3 Å². The number of amides is 2. The highest BCUT2D eigenvalue weighted by molar-refractivity contribution is 5.75. The highest BCUT2D eigenvalue weighted by atomic mass is 16.5. The Morgan fingerprint density at radius 3 is 2.44 bits per heavy atom. The van der Waals surface area contributed by atoms with Crippen LogP contribution in [0.2, 0.25) is 0 Å². The first kappa shape index (κ1) is 18.1. The molecule has 138 valence electrons. The molecule has 6 heteroatoms. The van der Waals surface area contributed by atoms with Crippen molar-refractivity contribution in [2.75, 3.05) is 26.7 Å². The second-order valence-corrected chi connectivity index (χ2v) is 8.09. The first-order chi connectivity index (χ1) is 11.9. The Hall–Kier alpha value is -1.66. The Bertz CT molecular complexity index is 579. The van der Waals surface area contributed by atoms with Gasteiger partial charge in [-0.15, -0.1) is 0 Å². The summed E-state index contributed by atoms with van der Waals surface area (Å²) in [6.45, 7) is 8.63. The summed E-state index contributed by atoms with van der Waals surface area (Å²) >= 11 is 0. The second kappa shape index (κ2) is 7.30. The summed E-state index contributed by atoms with van der Waals surface area (Å²) < 4.78 is 5.65. The SMILES string of the molecule is CO[C@H]1CN(C2CCN(C(=O)NC(C)(C)C)CC2)[C@H]1c1ccncc1. The molecule has 2 amide bonds. The molecule has 2 aliphatic heterocycles. The van der Waals surface area contributed by atoms with E-state index in [0.717, 1.165) is 32.5 Å². The van der Waals surface area contributed by atoms with Crippen LogP contribution in [0.25, 0.3) is 0 Å². The Kier molecular flexibility index (Phi) is 5.29. The van der Waals surface area contributed by atoms with Crippen molar-refractivity contribution in [3.63, 3.8) is 0 Å². The maximum Gasteiger partial charge on any atom is 0.317 e. The van der Waals surface area contributed by atoms with E-state index in [1.807, 2.05) is 38.1 Å². The quantitative estimate of drug-likeness (QED) is 0.913. The molecule has 6 nitrogen and oxygen atoms in total. The van der Waals surface area contributed by atoms with E-state index in [1.165, 1.54) is 5.56 Å². The maximum atomic E-state index is 12.3. The van der Waals surface area contributed by atoms with E-state index in [9.17, 15) is 4.79 Å². The molecule has 0 aromatic carbocycles. The zero-order valence-corrected chi connectivity index (χ0v) is 15.7. The molecule has 0 aliphatic carbocycles. The second-order valence-electron chi connectivity index (χ2n) is 8.09. The monoisotopic (exact) mass is 346 g/mol. The molecule has 0 saturated carbocycles. The molecule has 1 N–H and O–H groups in total. The number of hydrogen-bond donors (Lipinski definition) is 1. The number of urea groups is 1. The standard InChI is InChI=1S/C19H30N4O2/c1-19(2,3)21-18(24)22-11-7-15(8-12-22)23-13-16(25-4)17(23)14-5-9-20-10-6-14/h5-6,9-10,15-17H,7-8,11-13H2,1-4H3,(H,21,24)/t16-,17-/m0/s1. The number of ether oxygens (including phenoxy) is 1. The number of piperidine rings is 1. The highest BCUT2D eigenvalue weighted by Gasteiger charge is 2.44. The fourth-order valence-corrected chi connectivity index (χ4v) is 3.84. The van der Waals surface area contributed by atoms with Gasteiger partial charge in [0.15, 0.2) is 0 Å². The summed E-state index contributed by atoms with van der Waals surface area (Å²) in [5, 5.41) is 3.06. The van der Waals surface area contributed by atoms with E-state index in [-0.39, 0.29) is 17.7 Å². The van der Waals surface area contributed by atoms with Crippen LogP contribution in [0.4, 0.5) is 4.79 Å². The topological polar surface area (TPSA) is 57.7 Å². The van der Waals surface area contributed by atoms with Gasteiger partial charge in [-0.25, -0.2) is 4.79 Å². The Morgan fingerprint density at radius 1 is 1.24 bits per heavy atom. The van der Waals surface area contributed by atoms with Gasteiger partial charge in [-0.3, -0.25) is 9.88 Å². The van der Waals surface area contributed by atoms with Crippen LogP contribution < -0.4 is 5.32 Å². The lowest BCUT2D eigenvalue weighted by Crippen LogP contribution is -2.61. The average molecular weight is 346 g/mol. The van der Waals surface area contributed by atoms with E-state index >= 15 is 0 Å². The maximum absolute atomic E-state index is 12.3. The third-order valence-corrected chi connectivity index (χ3v) is 5.15. The predicted octanol–water partition coefficient (Wildman–Crippen LogP) is 2.43. The number of pyridine rings is 1. The minimum absolute atomic E-state index is 0.0509. The van der Waals surface area contributed by atoms with E-state index in [1.54, 1.807) is 7.11 Å². The number of nitrogens with one attached hydrogen (secondary N) is 1. The molecule has 0 radical (unpaired) electrons. The lowest BCUT2D eigenvalue weighted by molar-refractivity contribution is -0.115. The summed E-state index contributed by atoms with van der Waals surface area (Å²) in [5.41, 5.74) is 1.07. The fraction of sp³-hybridized carbons (Fsp3) is 0.684. The smallest absolute Gasteiger partial charge is 0.317 e. The summed E-state index contributed by atoms with van der Waals surface area (Å²) in [5.74, 6) is 0. The molecule has 2 atom stereocenters. The molecule has 0 unspecified atom stereocenters. The van der Waals surface area contributed by atoms with Gasteiger partial charge in [-0.1, -0.05) is 0 Å². The molecule has 25 heavy (non-hydrogen) atoms. The van der Waals surface area contributed by atoms with Crippen molar-refractivity contribution >= 4 is 6.03 Å². The van der Waals surface area contributed by atoms with Crippen molar-refractivity contribution < 1.29 is 9.53 Å². The van der Waals surface area contributed by atoms with Gasteiger partial charge in [0, 0.05) is 50.7 Å². The zero-order valence-electron chi connectivity index (χ0n) is 15.7. The molecule has 2 aliphatic rings. The van der Waals surface area contributed by atoms with Crippen LogP contribution in [0.3, 0.4) is 0 Å². The summed E-state index contributed by atoms with van der Waals surface area (Å²) in [6, 6.07) is 5.01. The van der Waals surface area contributed by atoms with Gasteiger partial charge in [-0.2, -0.15) is 0 Å². The molecule has 2 fully saturated rings. The lowest BCUT2D eigenvalue weighted by atomic mass is 9.87. The van der Waals surface area contributed by atoms with Crippen molar-refractivity contribution in [1.29, 1.82) is 0 Å². The van der Waals surface area contributed by atoms with Crippen LogP contribution in [-0.2, 0) is 4.74 Å². The van der Waals surface area contributed by atoms with Crippen molar-refractivity contribution in [2.45, 2.75) is 57.3 Å². The van der Waals surface area contributed by atoms with Gasteiger partial charge >= 0.3 is 6.03 Å². The zero-order chi connectivity index (χ0) is 18.0. The molecule has 3 rings (SSSR count). The summed E-state index contributed by atoms with van der Waals surface area (Å²) in [7, 11) is 1.79. The predicted molar refractivity (Wildman–Crippen MR) is 97.4 cm³/mol. The van der Waals surface area contributed by atoms with E-state index in [0.29, 0.717) is 12.1 Å². The average Bonchev–Trinajstić information content (AvgIpc) is 2.54. The molecular formula is C19H30N4O2. The summed E-state index contributed by atoms with van der Waals surface area (Å²) in [6.07, 6.45) is 5.95. The largest absolute Gasteiger partial charge is 0.378 e. The summed E-state index contributed by atoms with van der Waals surface area (Å²) in [4.78, 5) is 20.9. The lowest BCUT2D eigenvalue weighted by Gasteiger charge is -2.53. The molecular weight excluding hydrogens is 316 g/mol. The van der Waals surface area contributed by atoms with Crippen LogP contribution in [0.5, 0.6) is 0 Å². The number of hydrogen-bond acceptors (Lipinski definition) is 4. The van der Waals surface area contributed by atoms with Crippen molar-refractivity contribution in [1.82, 2.24) is 20.1 Å². The van der Waals surface area contributed by atoms with Gasteiger partial charge < -0.3 is 15.0 Å². The van der Waals surface area contributed by atoms with E-state index < -0.39 is 0 Å². The van der Waals surface area contributed by atoms with Crippen LogP contribution in [-0.4, -0.2) is 65.2 Å². The van der Waals surface area contributed by atoms with E-state index in [4.69, 9.17) is 4.74 Å². The van der Waals surface area contributed by atoms with Gasteiger partial charge in [0.2, 0.25) is 0 Å². The minimum atomic E-state index is -0.191. The molecule has 0 spiro atoms. The highest BCUT2D eigenvalue weighted by Crippen LogP contribution is 2.39. The Labute approximate surface area is 150 Å². The molecule has 1 aromatic rings. The van der Waals surface area contributed by atoms with Gasteiger partial charge in [0.1, 0.15) is 0 Å². The van der Waals surface area contributed by atoms with Crippen LogP contribution in [0.15, 0.2) is 24.5 Å². The van der Waals surface area contributed by atoms with Crippen LogP contribution in [0.1, 0.15) is 45.2 Å². The van der Waals surface area contributed by atoms with E-state index in [2.05, 4.69) is 27.3 Å². The van der Waals surface area contributed by atoms with Crippen molar-refractivity contribution in [2.24, 2.45) is 0 Å².